The van der Waals surface area contributed by atoms with Crippen LogP contribution in [-0.4, -0.2) is 22.1 Å². The molecule has 0 heterocycles. The summed E-state index contributed by atoms with van der Waals surface area (Å²) in [6.07, 6.45) is 25.4. The average molecular weight is 353 g/mol. The molecule has 0 aliphatic heterocycles. The molecule has 0 radical (unpaired) electrons. The fraction of sp³-hybridized carbons (Fsp3) is 0.667. The van der Waals surface area contributed by atoms with Crippen LogP contribution in [0.2, 0.25) is 0 Å². The molecule has 2 nitrogen and oxygen atoms in total. The molecule has 0 spiro atoms. The summed E-state index contributed by atoms with van der Waals surface area (Å²) in [5.74, 6) is 0.245. The van der Waals surface area contributed by atoms with Gasteiger partial charge in [-0.3, -0.25) is 4.79 Å². The fourth-order valence-corrected chi connectivity index (χ4v) is 3.03. The van der Waals surface area contributed by atoms with Crippen molar-refractivity contribution < 1.29 is 9.90 Å². The Morgan fingerprint density at radius 2 is 1.42 bits per heavy atom. The molecule has 3 heteroatoms. The molecule has 0 aliphatic carbocycles. The molecule has 0 aromatic heterocycles. The van der Waals surface area contributed by atoms with E-state index < -0.39 is 5.97 Å². The van der Waals surface area contributed by atoms with Crippen LogP contribution in [0, 0.1) is 0 Å². The minimum Gasteiger partial charge on any atom is -0.480 e. The minimum absolute atomic E-state index is 0.275. The summed E-state index contributed by atoms with van der Waals surface area (Å²) in [6, 6.07) is 0. The second-order valence-electron chi connectivity index (χ2n) is 6.08. The SMILES string of the molecule is CCCCCC=CCC=CCC=CCCCCCSC(C)C(=O)O. The molecule has 0 bridgehead atoms. The molecule has 0 aromatic carbocycles. The van der Waals surface area contributed by atoms with Crippen LogP contribution in [0.1, 0.15) is 78.1 Å². The summed E-state index contributed by atoms with van der Waals surface area (Å²) >= 11 is 1.54. The average Bonchev–Trinajstić information content (AvgIpc) is 2.57. The monoisotopic (exact) mass is 352 g/mol. The predicted octanol–water partition coefficient (Wildman–Crippen LogP) is 6.78. The van der Waals surface area contributed by atoms with E-state index in [0.717, 1.165) is 31.4 Å². The van der Waals surface area contributed by atoms with Gasteiger partial charge in [0.05, 0.1) is 5.25 Å². The first-order valence-electron chi connectivity index (χ1n) is 9.47. The van der Waals surface area contributed by atoms with E-state index in [9.17, 15) is 4.79 Å². The van der Waals surface area contributed by atoms with E-state index in [1.54, 1.807) is 6.92 Å². The Hall–Kier alpha value is -0.960. The molecular formula is C21H36O2S. The van der Waals surface area contributed by atoms with Crippen molar-refractivity contribution in [1.29, 1.82) is 0 Å². The summed E-state index contributed by atoms with van der Waals surface area (Å²) in [5, 5.41) is 8.50. The highest BCUT2D eigenvalue weighted by molar-refractivity contribution is 8.00. The van der Waals surface area contributed by atoms with Crippen molar-refractivity contribution in [3.8, 4) is 0 Å². The lowest BCUT2D eigenvalue weighted by Gasteiger charge is -2.04. The number of unbranched alkanes of at least 4 members (excludes halogenated alkanes) is 6. The summed E-state index contributed by atoms with van der Waals surface area (Å²) < 4.78 is 0. The van der Waals surface area contributed by atoms with E-state index in [1.165, 1.54) is 50.3 Å². The normalized spacial score (nSPS) is 13.4. The van der Waals surface area contributed by atoms with Crippen molar-refractivity contribution in [2.75, 3.05) is 5.75 Å². The highest BCUT2D eigenvalue weighted by Gasteiger charge is 2.09. The Morgan fingerprint density at radius 1 is 0.875 bits per heavy atom. The van der Waals surface area contributed by atoms with Crippen molar-refractivity contribution >= 4 is 17.7 Å². The van der Waals surface area contributed by atoms with E-state index in [0.29, 0.717) is 0 Å². The zero-order chi connectivity index (χ0) is 17.9. The van der Waals surface area contributed by atoms with Crippen LogP contribution in [0.15, 0.2) is 36.5 Å². The van der Waals surface area contributed by atoms with Crippen LogP contribution >= 0.6 is 11.8 Å². The van der Waals surface area contributed by atoms with E-state index in [4.69, 9.17) is 5.11 Å². The first-order valence-corrected chi connectivity index (χ1v) is 10.5. The van der Waals surface area contributed by atoms with Crippen LogP contribution in [0.5, 0.6) is 0 Å². The molecule has 0 aliphatic rings. The zero-order valence-corrected chi connectivity index (χ0v) is 16.4. The molecule has 0 amide bonds. The number of carboxylic acid groups (broad SMARTS) is 1. The van der Waals surface area contributed by atoms with Gasteiger partial charge in [-0.15, -0.1) is 11.8 Å². The second kappa shape index (κ2) is 18.4. The molecule has 0 saturated carbocycles. The number of carboxylic acids is 1. The minimum atomic E-state index is -0.706. The quantitative estimate of drug-likeness (QED) is 0.246. The molecule has 0 aromatic rings. The van der Waals surface area contributed by atoms with Crippen LogP contribution in [0.4, 0.5) is 0 Å². The maximum Gasteiger partial charge on any atom is 0.316 e. The first-order chi connectivity index (χ1) is 11.7. The molecule has 1 unspecified atom stereocenters. The molecule has 0 saturated heterocycles. The standard InChI is InChI=1S/C21H36O2S/c1-3-4-5-6-7-8-9-10-11-12-13-14-15-16-17-18-19-24-20(2)21(22)23/h7-8,10-11,13-14,20H,3-6,9,12,15-19H2,1-2H3,(H,22,23). The highest BCUT2D eigenvalue weighted by Crippen LogP contribution is 2.14. The van der Waals surface area contributed by atoms with E-state index >= 15 is 0 Å². The Kier molecular flexibility index (Phi) is 17.6. The number of hydrogen-bond acceptors (Lipinski definition) is 2. The first kappa shape index (κ1) is 23.0. The number of rotatable bonds is 16. The van der Waals surface area contributed by atoms with Gasteiger partial charge in [0.1, 0.15) is 0 Å². The summed E-state index contributed by atoms with van der Waals surface area (Å²) in [4.78, 5) is 10.7. The highest BCUT2D eigenvalue weighted by atomic mass is 32.2. The van der Waals surface area contributed by atoms with E-state index in [2.05, 4.69) is 43.4 Å². The van der Waals surface area contributed by atoms with Crippen LogP contribution in [-0.2, 0) is 4.79 Å². The van der Waals surface area contributed by atoms with Gasteiger partial charge in [-0.25, -0.2) is 0 Å². The second-order valence-corrected chi connectivity index (χ2v) is 7.53. The van der Waals surface area contributed by atoms with Gasteiger partial charge in [0.25, 0.3) is 0 Å². The van der Waals surface area contributed by atoms with Gasteiger partial charge in [-0.2, -0.15) is 0 Å². The third kappa shape index (κ3) is 17.4. The number of aliphatic carboxylic acids is 1. The van der Waals surface area contributed by atoms with Gasteiger partial charge >= 0.3 is 5.97 Å². The number of hydrogen-bond donors (Lipinski definition) is 1. The van der Waals surface area contributed by atoms with E-state index in [-0.39, 0.29) is 5.25 Å². The fourth-order valence-electron chi connectivity index (χ4n) is 2.16. The lowest BCUT2D eigenvalue weighted by molar-refractivity contribution is -0.136. The lowest BCUT2D eigenvalue weighted by Crippen LogP contribution is -2.11. The summed E-state index contributed by atoms with van der Waals surface area (Å²) in [7, 11) is 0. The summed E-state index contributed by atoms with van der Waals surface area (Å²) in [5.41, 5.74) is 0. The Bertz CT molecular complexity index is 372. The topological polar surface area (TPSA) is 37.3 Å². The third-order valence-electron chi connectivity index (χ3n) is 3.75. The lowest BCUT2D eigenvalue weighted by atomic mass is 10.2. The molecule has 1 atom stereocenters. The van der Waals surface area contributed by atoms with Crippen molar-refractivity contribution in [2.45, 2.75) is 83.3 Å². The van der Waals surface area contributed by atoms with Crippen LogP contribution in [0.25, 0.3) is 0 Å². The van der Waals surface area contributed by atoms with Gasteiger partial charge in [0.2, 0.25) is 0 Å². The van der Waals surface area contributed by atoms with Crippen molar-refractivity contribution in [3.63, 3.8) is 0 Å². The zero-order valence-electron chi connectivity index (χ0n) is 15.6. The number of thioether (sulfide) groups is 1. The van der Waals surface area contributed by atoms with E-state index in [1.807, 2.05) is 0 Å². The Balaban J connectivity index is 3.34. The summed E-state index contributed by atoms with van der Waals surface area (Å²) in [6.45, 7) is 3.99. The molecule has 24 heavy (non-hydrogen) atoms. The van der Waals surface area contributed by atoms with Gasteiger partial charge in [0, 0.05) is 0 Å². The third-order valence-corrected chi connectivity index (χ3v) is 4.98. The largest absolute Gasteiger partial charge is 0.480 e. The van der Waals surface area contributed by atoms with Gasteiger partial charge in [-0.1, -0.05) is 62.6 Å². The number of carbonyl (C=O) groups is 1. The van der Waals surface area contributed by atoms with Crippen molar-refractivity contribution in [3.05, 3.63) is 36.5 Å². The Morgan fingerprint density at radius 3 is 1.96 bits per heavy atom. The van der Waals surface area contributed by atoms with Crippen LogP contribution in [0.3, 0.4) is 0 Å². The Labute approximate surface area is 153 Å². The predicted molar refractivity (Wildman–Crippen MR) is 109 cm³/mol. The van der Waals surface area contributed by atoms with Gasteiger partial charge in [0.15, 0.2) is 0 Å². The molecule has 0 fully saturated rings. The smallest absolute Gasteiger partial charge is 0.316 e. The van der Waals surface area contributed by atoms with Crippen molar-refractivity contribution in [2.24, 2.45) is 0 Å². The molecule has 0 rings (SSSR count). The molecule has 138 valence electrons. The van der Waals surface area contributed by atoms with Gasteiger partial charge < -0.3 is 5.11 Å². The number of allylic oxidation sites excluding steroid dienone is 6. The van der Waals surface area contributed by atoms with Gasteiger partial charge in [-0.05, 0) is 57.6 Å². The maximum absolute atomic E-state index is 10.7. The molecular weight excluding hydrogens is 316 g/mol. The molecule has 1 N–H and O–H groups in total. The van der Waals surface area contributed by atoms with Crippen molar-refractivity contribution in [1.82, 2.24) is 0 Å². The van der Waals surface area contributed by atoms with Crippen LogP contribution < -0.4 is 0 Å². The maximum atomic E-state index is 10.7.